The number of benzene rings is 2. The molecular weight excluding hydrogens is 867 g/mol. The molecule has 1 aliphatic rings. The fraction of sp³-hybridized carbons (Fsp3) is 0.415. The fourth-order valence-electron chi connectivity index (χ4n) is 7.70. The van der Waals surface area contributed by atoms with Crippen molar-refractivity contribution < 1.29 is 32.8 Å². The highest BCUT2D eigenvalue weighted by molar-refractivity contribution is 7.13. The van der Waals surface area contributed by atoms with Gasteiger partial charge in [0.15, 0.2) is 6.61 Å². The summed E-state index contributed by atoms with van der Waals surface area (Å²) in [7, 11) is -2.68. The number of unbranched alkanes of at least 4 members (excludes halogenated alkanes) is 5. The van der Waals surface area contributed by atoms with Crippen LogP contribution in [0.1, 0.15) is 109 Å². The van der Waals surface area contributed by atoms with E-state index in [1.54, 1.807) is 36.4 Å². The topological polar surface area (TPSA) is 126 Å². The maximum absolute atomic E-state index is 14.0. The van der Waals surface area contributed by atoms with Crippen molar-refractivity contribution in [2.75, 3.05) is 26.3 Å². The summed E-state index contributed by atoms with van der Waals surface area (Å²) < 4.78 is 40.5. The van der Waals surface area contributed by atoms with Gasteiger partial charge in [-0.1, -0.05) is 80.7 Å². The lowest BCUT2D eigenvalue weighted by Crippen LogP contribution is -2.44. The SMILES string of the molecule is C=CCc1ccccc1OC[C@@H](O)CNC(C)(C)CCCCCCC(C)(C)NC(=O)CCCCCNC(=O)COc1ccc(/C=C/C2=NC(=C\c3ccc(-c4cccs4)n3B(F)F)/C=C2)cc1. The summed E-state index contributed by atoms with van der Waals surface area (Å²) in [5, 5.41) is 22.0. The van der Waals surface area contributed by atoms with E-state index in [4.69, 9.17) is 9.47 Å². The highest BCUT2D eigenvalue weighted by atomic mass is 32.1. The maximum Gasteiger partial charge on any atom is 0.678 e. The molecule has 0 bridgehead atoms. The van der Waals surface area contributed by atoms with E-state index in [2.05, 4.69) is 55.2 Å². The van der Waals surface area contributed by atoms with Gasteiger partial charge in [-0.3, -0.25) is 18.2 Å². The Kier molecular flexibility index (Phi) is 20.9. The first-order valence-electron chi connectivity index (χ1n) is 23.5. The van der Waals surface area contributed by atoms with Crippen molar-refractivity contribution in [1.29, 1.82) is 0 Å². The number of para-hydroxylation sites is 1. The average Bonchev–Trinajstić information content (AvgIpc) is 4.09. The first-order chi connectivity index (χ1) is 32.2. The van der Waals surface area contributed by atoms with Crippen molar-refractivity contribution in [2.24, 2.45) is 4.99 Å². The molecule has 10 nitrogen and oxygen atoms in total. The Hall–Kier alpha value is -5.57. The highest BCUT2D eigenvalue weighted by Gasteiger charge is 2.25. The number of carbonyl (C=O) groups is 2. The molecule has 0 unspecified atom stereocenters. The number of aliphatic hydroxyl groups excluding tert-OH is 1. The lowest BCUT2D eigenvalue weighted by Gasteiger charge is -2.28. The summed E-state index contributed by atoms with van der Waals surface area (Å²) in [5.74, 6) is 1.20. The second-order valence-electron chi connectivity index (χ2n) is 18.2. The normalized spacial score (nSPS) is 13.8. The van der Waals surface area contributed by atoms with E-state index in [1.807, 2.05) is 78.2 Å². The van der Waals surface area contributed by atoms with Crippen LogP contribution in [-0.4, -0.2) is 78.0 Å². The number of halogens is 2. The van der Waals surface area contributed by atoms with Crippen LogP contribution >= 0.6 is 11.3 Å². The largest absolute Gasteiger partial charge is 0.678 e. The number of carbonyl (C=O) groups excluding carboxylic acids is 2. The summed E-state index contributed by atoms with van der Waals surface area (Å²) in [6.45, 7) is 13.4. The van der Waals surface area contributed by atoms with Gasteiger partial charge in [-0.15, -0.1) is 17.9 Å². The number of nitrogens with one attached hydrogen (secondary N) is 3. The van der Waals surface area contributed by atoms with Gasteiger partial charge in [0.1, 0.15) is 24.2 Å². The summed E-state index contributed by atoms with van der Waals surface area (Å²) in [6, 6.07) is 22.2. The van der Waals surface area contributed by atoms with Gasteiger partial charge in [-0.05, 0) is 137 Å². The minimum absolute atomic E-state index is 0.0564. The molecule has 4 N–H and O–H groups in total. The van der Waals surface area contributed by atoms with Gasteiger partial charge in [-0.25, -0.2) is 4.99 Å². The van der Waals surface area contributed by atoms with Gasteiger partial charge in [0, 0.05) is 41.2 Å². The number of hydrogen-bond donors (Lipinski definition) is 4. The Morgan fingerprint density at radius 2 is 1.61 bits per heavy atom. The van der Waals surface area contributed by atoms with Gasteiger partial charge in [0.25, 0.3) is 5.91 Å². The van der Waals surface area contributed by atoms with Crippen LogP contribution in [-0.2, 0) is 16.0 Å². The third-order valence-electron chi connectivity index (χ3n) is 11.4. The Balaban J connectivity index is 0.870. The van der Waals surface area contributed by atoms with Crippen molar-refractivity contribution in [3.63, 3.8) is 0 Å². The van der Waals surface area contributed by atoms with Crippen LogP contribution in [0.25, 0.3) is 22.7 Å². The number of thiophene rings is 1. The number of β-amino-alcohol motifs (C(OH)–C–C–N with tert-alkyl or cyclic N) is 1. The van der Waals surface area contributed by atoms with Crippen molar-refractivity contribution in [3.8, 4) is 22.1 Å². The first-order valence-corrected chi connectivity index (χ1v) is 24.3. The van der Waals surface area contributed by atoms with Gasteiger partial charge in [0.2, 0.25) is 5.91 Å². The average molecular weight is 936 g/mol. The van der Waals surface area contributed by atoms with Crippen LogP contribution in [0.5, 0.6) is 11.5 Å². The second-order valence-corrected chi connectivity index (χ2v) is 19.2. The molecule has 0 spiro atoms. The monoisotopic (exact) mass is 936 g/mol. The number of hydrogen-bond acceptors (Lipinski definition) is 8. The Labute approximate surface area is 400 Å². The van der Waals surface area contributed by atoms with Gasteiger partial charge in [-0.2, -0.15) is 0 Å². The molecule has 2 aromatic heterocycles. The lowest BCUT2D eigenvalue weighted by molar-refractivity contribution is -0.124. The minimum Gasteiger partial charge on any atom is -0.491 e. The zero-order chi connectivity index (χ0) is 48.1. The third kappa shape index (κ3) is 18.6. The number of amides is 2. The molecule has 0 saturated heterocycles. The van der Waals surface area contributed by atoms with Gasteiger partial charge >= 0.3 is 7.40 Å². The predicted octanol–water partition coefficient (Wildman–Crippen LogP) is 10.9. The molecule has 14 heteroatoms. The van der Waals surface area contributed by atoms with Crippen molar-refractivity contribution in [2.45, 2.75) is 116 Å². The Bertz CT molecular complexity index is 2300. The number of aliphatic hydroxyl groups is 1. The summed E-state index contributed by atoms with van der Waals surface area (Å²) in [5.41, 5.74) is 3.73. The van der Waals surface area contributed by atoms with Crippen LogP contribution < -0.4 is 25.4 Å². The molecule has 2 aromatic carbocycles. The molecule has 358 valence electrons. The van der Waals surface area contributed by atoms with Crippen LogP contribution in [0, 0.1) is 0 Å². The summed E-state index contributed by atoms with van der Waals surface area (Å²) in [4.78, 5) is 30.5. The molecule has 3 heterocycles. The quantitative estimate of drug-likeness (QED) is 0.0234. The van der Waals surface area contributed by atoms with Crippen molar-refractivity contribution in [3.05, 3.63) is 132 Å². The highest BCUT2D eigenvalue weighted by Crippen LogP contribution is 2.30. The van der Waals surface area contributed by atoms with E-state index in [9.17, 15) is 23.3 Å². The van der Waals surface area contributed by atoms with E-state index in [1.165, 1.54) is 11.3 Å². The first kappa shape index (κ1) is 52.4. The Morgan fingerprint density at radius 1 is 0.866 bits per heavy atom. The van der Waals surface area contributed by atoms with Crippen LogP contribution in [0.15, 0.2) is 120 Å². The Morgan fingerprint density at radius 3 is 2.34 bits per heavy atom. The minimum atomic E-state index is -2.68. The number of ether oxygens (including phenoxy) is 2. The van der Waals surface area contributed by atoms with Gasteiger partial charge in [0.05, 0.1) is 17.1 Å². The van der Waals surface area contributed by atoms with E-state index < -0.39 is 13.5 Å². The molecule has 0 radical (unpaired) electrons. The molecule has 67 heavy (non-hydrogen) atoms. The zero-order valence-electron chi connectivity index (χ0n) is 39.6. The maximum atomic E-state index is 14.0. The van der Waals surface area contributed by atoms with Crippen LogP contribution in [0.3, 0.4) is 0 Å². The van der Waals surface area contributed by atoms with E-state index >= 15 is 0 Å². The van der Waals surface area contributed by atoms with E-state index in [-0.39, 0.29) is 36.1 Å². The van der Waals surface area contributed by atoms with Crippen LogP contribution in [0.2, 0.25) is 0 Å². The molecule has 0 fully saturated rings. The third-order valence-corrected chi connectivity index (χ3v) is 12.3. The molecule has 1 atom stereocenters. The lowest BCUT2D eigenvalue weighted by atomic mass is 9.93. The summed E-state index contributed by atoms with van der Waals surface area (Å²) in [6.07, 6.45) is 20.0. The zero-order valence-corrected chi connectivity index (χ0v) is 40.4. The molecule has 4 aromatic rings. The molecule has 0 aliphatic carbocycles. The van der Waals surface area contributed by atoms with Gasteiger partial charge < -0.3 is 35.0 Å². The number of allylic oxidation sites excluding steroid dienone is 4. The number of aromatic nitrogens is 1. The second kappa shape index (κ2) is 26.7. The molecule has 0 saturated carbocycles. The van der Waals surface area contributed by atoms with E-state index in [0.717, 1.165) is 90.4 Å². The standard InChI is InChI=1S/C53H68BF2N5O5S/c1-6-17-41-18-11-12-19-48(41)66-38-45(62)37-58-52(2,3)32-13-7-8-14-33-53(4,5)60-50(63)21-10-9-15-34-57-51(64)39-65-46-29-23-40(24-30-46)22-25-42-26-27-43(59-42)36-44-28-31-47(61(44)54(55)56)49-20-16-35-67-49/h6,11-12,16,18-20,22-31,35-36,45,58,62H,1,7-10,13-15,17,21,32-34,37-39H2,2-5H3,(H,57,64)(H,60,63)/b25-22+,43-36-/t45-/m0/s1. The predicted molar refractivity (Wildman–Crippen MR) is 272 cm³/mol. The number of rotatable bonds is 30. The summed E-state index contributed by atoms with van der Waals surface area (Å²) >= 11 is 1.42. The van der Waals surface area contributed by atoms with Crippen molar-refractivity contribution in [1.82, 2.24) is 20.4 Å². The van der Waals surface area contributed by atoms with E-state index in [0.29, 0.717) is 48.1 Å². The molecule has 1 aliphatic heterocycles. The molecule has 2 amide bonds. The number of aliphatic imine (C=N–C) groups is 1. The van der Waals surface area contributed by atoms with Crippen molar-refractivity contribution >= 4 is 48.4 Å². The molecule has 5 rings (SSSR count). The smallest absolute Gasteiger partial charge is 0.491 e. The number of nitrogens with zero attached hydrogens (tertiary/aromatic N) is 2. The van der Waals surface area contributed by atoms with Crippen LogP contribution in [0.4, 0.5) is 8.63 Å². The molecular formula is C53H68BF2N5O5S. The fourth-order valence-corrected chi connectivity index (χ4v) is 8.45.